The van der Waals surface area contributed by atoms with E-state index in [9.17, 15) is 18.0 Å². The summed E-state index contributed by atoms with van der Waals surface area (Å²) in [4.78, 5) is 28.9. The van der Waals surface area contributed by atoms with Gasteiger partial charge < -0.3 is 15.0 Å². The number of aryl methyl sites for hydroxylation is 3. The third kappa shape index (κ3) is 8.10. The molecule has 0 fully saturated rings. The van der Waals surface area contributed by atoms with Gasteiger partial charge in [-0.25, -0.2) is 8.42 Å². The van der Waals surface area contributed by atoms with Crippen molar-refractivity contribution in [1.29, 1.82) is 0 Å². The zero-order valence-electron chi connectivity index (χ0n) is 25.2. The lowest BCUT2D eigenvalue weighted by atomic mass is 10.1. The number of nitrogens with one attached hydrogen (secondary N) is 1. The molecule has 8 nitrogen and oxygen atoms in total. The molecule has 0 aromatic heterocycles. The molecule has 2 amide bonds. The minimum atomic E-state index is -4.13. The lowest BCUT2D eigenvalue weighted by Gasteiger charge is -2.34. The SMILES string of the molecule is COc1cccc(CN(C(=O)CN(c2cc(C)ccc2C)S(=O)(=O)c2ccc(C)cc2)[C@H](C)C(=O)NC(C)(C)C)c1. The van der Waals surface area contributed by atoms with Gasteiger partial charge in [0.05, 0.1) is 17.7 Å². The topological polar surface area (TPSA) is 96.0 Å². The molecule has 0 radical (unpaired) electrons. The molecule has 0 bridgehead atoms. The molecule has 41 heavy (non-hydrogen) atoms. The van der Waals surface area contributed by atoms with E-state index < -0.39 is 34.1 Å². The summed E-state index contributed by atoms with van der Waals surface area (Å²) >= 11 is 0. The molecule has 0 saturated heterocycles. The molecular weight excluding hydrogens is 538 g/mol. The standard InChI is InChI=1S/C32H41N3O5S/c1-22-13-16-28(17-14-22)41(38,39)35(29-18-23(2)12-15-24(29)3)21-30(36)34(25(4)31(37)33-32(5,6)7)20-26-10-9-11-27(19-26)40-8/h9-19,25H,20-21H2,1-8H3,(H,33,37)/t25-/m1/s1. The highest BCUT2D eigenvalue weighted by atomic mass is 32.2. The van der Waals surface area contributed by atoms with Gasteiger partial charge in [0.25, 0.3) is 10.0 Å². The van der Waals surface area contributed by atoms with Crippen molar-refractivity contribution in [3.63, 3.8) is 0 Å². The Labute approximate surface area is 244 Å². The lowest BCUT2D eigenvalue weighted by Crippen LogP contribution is -2.54. The monoisotopic (exact) mass is 579 g/mol. The first-order chi connectivity index (χ1) is 19.1. The maximum Gasteiger partial charge on any atom is 0.264 e. The van der Waals surface area contributed by atoms with Crippen molar-refractivity contribution in [2.45, 2.75) is 71.5 Å². The fraction of sp³-hybridized carbons (Fsp3) is 0.375. The average Bonchev–Trinajstić information content (AvgIpc) is 2.90. The first-order valence-corrected chi connectivity index (χ1v) is 15.0. The number of anilines is 1. The highest BCUT2D eigenvalue weighted by Gasteiger charge is 2.34. The summed E-state index contributed by atoms with van der Waals surface area (Å²) < 4.78 is 34.6. The smallest absolute Gasteiger partial charge is 0.264 e. The van der Waals surface area contributed by atoms with Crippen LogP contribution in [-0.2, 0) is 26.2 Å². The molecule has 0 unspecified atom stereocenters. The average molecular weight is 580 g/mol. The van der Waals surface area contributed by atoms with Crippen molar-refractivity contribution in [1.82, 2.24) is 10.2 Å². The minimum Gasteiger partial charge on any atom is -0.497 e. The zero-order chi connectivity index (χ0) is 30.5. The van der Waals surface area contributed by atoms with Crippen LogP contribution in [0.2, 0.25) is 0 Å². The van der Waals surface area contributed by atoms with Crippen LogP contribution in [0.4, 0.5) is 5.69 Å². The number of rotatable bonds is 10. The van der Waals surface area contributed by atoms with E-state index in [1.54, 1.807) is 62.6 Å². The van der Waals surface area contributed by atoms with Crippen LogP contribution in [0.5, 0.6) is 5.75 Å². The maximum atomic E-state index is 14.1. The Morgan fingerprint density at radius 2 is 1.56 bits per heavy atom. The van der Waals surface area contributed by atoms with Crippen molar-refractivity contribution >= 4 is 27.5 Å². The molecule has 9 heteroatoms. The molecule has 0 saturated carbocycles. The number of hydrogen-bond acceptors (Lipinski definition) is 5. The Kier molecular flexibility index (Phi) is 9.86. The summed E-state index contributed by atoms with van der Waals surface area (Å²) in [6.07, 6.45) is 0. The van der Waals surface area contributed by atoms with Crippen LogP contribution in [0.25, 0.3) is 0 Å². The van der Waals surface area contributed by atoms with E-state index in [4.69, 9.17) is 4.74 Å². The molecule has 3 aromatic carbocycles. The highest BCUT2D eigenvalue weighted by Crippen LogP contribution is 2.29. The summed E-state index contributed by atoms with van der Waals surface area (Å²) in [5, 5.41) is 2.94. The number of nitrogens with zero attached hydrogens (tertiary/aromatic N) is 2. The number of sulfonamides is 1. The second-order valence-electron chi connectivity index (χ2n) is 11.4. The van der Waals surface area contributed by atoms with Gasteiger partial charge in [-0.05, 0) is 95.5 Å². The van der Waals surface area contributed by atoms with Crippen LogP contribution >= 0.6 is 0 Å². The molecule has 3 aromatic rings. The van der Waals surface area contributed by atoms with Gasteiger partial charge in [0.15, 0.2) is 0 Å². The number of ether oxygens (including phenoxy) is 1. The van der Waals surface area contributed by atoms with Gasteiger partial charge in [0.2, 0.25) is 11.8 Å². The number of methoxy groups -OCH3 is 1. The molecule has 3 rings (SSSR count). The zero-order valence-corrected chi connectivity index (χ0v) is 26.0. The van der Waals surface area contributed by atoms with Crippen LogP contribution in [0.1, 0.15) is 49.9 Å². The summed E-state index contributed by atoms with van der Waals surface area (Å²) in [7, 11) is -2.58. The normalized spacial score (nSPS) is 12.4. The molecular formula is C32H41N3O5S. The number of amides is 2. The van der Waals surface area contributed by atoms with Crippen LogP contribution in [-0.4, -0.2) is 50.4 Å². The van der Waals surface area contributed by atoms with Crippen LogP contribution in [0.15, 0.2) is 71.6 Å². The molecule has 0 aliphatic carbocycles. The molecule has 0 aliphatic rings. The van der Waals surface area contributed by atoms with E-state index in [1.165, 1.54) is 4.90 Å². The van der Waals surface area contributed by atoms with Crippen LogP contribution in [0.3, 0.4) is 0 Å². The van der Waals surface area contributed by atoms with E-state index in [2.05, 4.69) is 5.32 Å². The van der Waals surface area contributed by atoms with Crippen molar-refractivity contribution < 1.29 is 22.7 Å². The van der Waals surface area contributed by atoms with Crippen molar-refractivity contribution in [2.24, 2.45) is 0 Å². The van der Waals surface area contributed by atoms with Crippen molar-refractivity contribution in [2.75, 3.05) is 18.0 Å². The third-order valence-corrected chi connectivity index (χ3v) is 8.45. The van der Waals surface area contributed by atoms with E-state index in [1.807, 2.05) is 59.7 Å². The van der Waals surface area contributed by atoms with E-state index in [0.29, 0.717) is 17.0 Å². The first kappa shape index (κ1) is 31.7. The van der Waals surface area contributed by atoms with E-state index >= 15 is 0 Å². The summed E-state index contributed by atoms with van der Waals surface area (Å²) in [6, 6.07) is 18.4. The number of carbonyl (C=O) groups excluding carboxylic acids is 2. The van der Waals surface area contributed by atoms with Crippen LogP contribution < -0.4 is 14.4 Å². The quantitative estimate of drug-likeness (QED) is 0.359. The van der Waals surface area contributed by atoms with E-state index in [-0.39, 0.29) is 17.3 Å². The molecule has 0 aliphatic heterocycles. The van der Waals surface area contributed by atoms with Gasteiger partial charge in [0.1, 0.15) is 18.3 Å². The summed E-state index contributed by atoms with van der Waals surface area (Å²) in [5.41, 5.74) is 3.11. The Morgan fingerprint density at radius 3 is 2.17 bits per heavy atom. The van der Waals surface area contributed by atoms with Gasteiger partial charge in [-0.3, -0.25) is 13.9 Å². The Balaban J connectivity index is 2.09. The lowest BCUT2D eigenvalue weighted by molar-refractivity contribution is -0.140. The molecule has 0 spiro atoms. The summed E-state index contributed by atoms with van der Waals surface area (Å²) in [6.45, 7) is 12.4. The minimum absolute atomic E-state index is 0.0784. The molecule has 220 valence electrons. The Hall–Kier alpha value is -3.85. The second-order valence-corrected chi connectivity index (χ2v) is 13.3. The predicted molar refractivity (Wildman–Crippen MR) is 163 cm³/mol. The molecule has 1 N–H and O–H groups in total. The van der Waals surface area contributed by atoms with Crippen LogP contribution in [0, 0.1) is 20.8 Å². The van der Waals surface area contributed by atoms with Gasteiger partial charge in [0, 0.05) is 12.1 Å². The van der Waals surface area contributed by atoms with Gasteiger partial charge in [-0.1, -0.05) is 42.0 Å². The Bertz CT molecular complexity index is 1490. The van der Waals surface area contributed by atoms with Gasteiger partial charge in [-0.2, -0.15) is 0 Å². The first-order valence-electron chi connectivity index (χ1n) is 13.5. The Morgan fingerprint density at radius 1 is 0.927 bits per heavy atom. The number of hydrogen-bond donors (Lipinski definition) is 1. The van der Waals surface area contributed by atoms with E-state index in [0.717, 1.165) is 21.0 Å². The highest BCUT2D eigenvalue weighted by molar-refractivity contribution is 7.92. The maximum absolute atomic E-state index is 14.1. The second kappa shape index (κ2) is 12.8. The predicted octanol–water partition coefficient (Wildman–Crippen LogP) is 5.15. The fourth-order valence-electron chi connectivity index (χ4n) is 4.36. The molecule has 0 heterocycles. The fourth-order valence-corrected chi connectivity index (χ4v) is 5.83. The largest absolute Gasteiger partial charge is 0.497 e. The van der Waals surface area contributed by atoms with Crippen molar-refractivity contribution in [3.8, 4) is 5.75 Å². The third-order valence-electron chi connectivity index (χ3n) is 6.67. The van der Waals surface area contributed by atoms with Gasteiger partial charge >= 0.3 is 0 Å². The number of benzene rings is 3. The number of carbonyl (C=O) groups is 2. The van der Waals surface area contributed by atoms with Gasteiger partial charge in [-0.15, -0.1) is 0 Å². The van der Waals surface area contributed by atoms with Crippen molar-refractivity contribution in [3.05, 3.63) is 89.0 Å². The summed E-state index contributed by atoms with van der Waals surface area (Å²) in [5.74, 6) is -0.241. The molecule has 1 atom stereocenters.